The first-order valence-electron chi connectivity index (χ1n) is 4.45. The number of aromatic nitrogens is 2. The summed E-state index contributed by atoms with van der Waals surface area (Å²) in [5.41, 5.74) is 2.39. The molecular weight excluding hydrogens is 240 g/mol. The van der Waals surface area contributed by atoms with Gasteiger partial charge in [0.2, 0.25) is 0 Å². The summed E-state index contributed by atoms with van der Waals surface area (Å²) in [4.78, 5) is 4.20. The van der Waals surface area contributed by atoms with E-state index in [0.717, 1.165) is 16.0 Å². The van der Waals surface area contributed by atoms with Crippen molar-refractivity contribution in [1.82, 2.24) is 9.55 Å². The van der Waals surface area contributed by atoms with E-state index >= 15 is 0 Å². The van der Waals surface area contributed by atoms with Crippen LogP contribution in [0.25, 0.3) is 5.69 Å². The Bertz CT molecular complexity index is 460. The third-order valence-corrected chi connectivity index (χ3v) is 3.14. The van der Waals surface area contributed by atoms with Crippen LogP contribution in [0.4, 0.5) is 0 Å². The first kappa shape index (κ1) is 9.46. The molecule has 0 radical (unpaired) electrons. The Morgan fingerprint density at radius 1 is 1.29 bits per heavy atom. The van der Waals surface area contributed by atoms with E-state index in [2.05, 4.69) is 50.6 Å². The molecule has 14 heavy (non-hydrogen) atoms. The number of imidazole rings is 1. The van der Waals surface area contributed by atoms with Crippen LogP contribution >= 0.6 is 15.9 Å². The number of nitrogens with zero attached hydrogens (tertiary/aromatic N) is 2. The molecule has 0 unspecified atom stereocenters. The Morgan fingerprint density at radius 3 is 2.64 bits per heavy atom. The van der Waals surface area contributed by atoms with E-state index in [4.69, 9.17) is 0 Å². The zero-order chi connectivity index (χ0) is 10.1. The fourth-order valence-corrected chi connectivity index (χ4v) is 1.68. The maximum atomic E-state index is 4.20. The number of hydrogen-bond donors (Lipinski definition) is 0. The van der Waals surface area contributed by atoms with Gasteiger partial charge in [0.05, 0.1) is 0 Å². The first-order chi connectivity index (χ1) is 6.68. The van der Waals surface area contributed by atoms with Gasteiger partial charge in [-0.25, -0.2) is 4.98 Å². The molecule has 3 heteroatoms. The third kappa shape index (κ3) is 1.60. The lowest BCUT2D eigenvalue weighted by atomic mass is 10.2. The summed E-state index contributed by atoms with van der Waals surface area (Å²) in [6.07, 6.45) is 3.78. The van der Waals surface area contributed by atoms with Crippen molar-refractivity contribution in [3.8, 4) is 5.69 Å². The van der Waals surface area contributed by atoms with Crippen molar-refractivity contribution in [3.63, 3.8) is 0 Å². The Kier molecular flexibility index (Phi) is 2.42. The van der Waals surface area contributed by atoms with Gasteiger partial charge < -0.3 is 4.57 Å². The van der Waals surface area contributed by atoms with Gasteiger partial charge >= 0.3 is 0 Å². The largest absolute Gasteiger partial charge is 0.304 e. The molecule has 0 saturated carbocycles. The highest BCUT2D eigenvalue weighted by Crippen LogP contribution is 2.20. The molecule has 0 aliphatic carbocycles. The molecule has 2 aromatic rings. The Balaban J connectivity index is 2.53. The second kappa shape index (κ2) is 3.58. The van der Waals surface area contributed by atoms with Crippen LogP contribution in [0.3, 0.4) is 0 Å². The molecule has 0 N–H and O–H groups in total. The standard InChI is InChI=1S/C11H11BrN2/c1-8-7-10(3-4-11(8)12)14-6-5-13-9(14)2/h3-7H,1-2H3. The summed E-state index contributed by atoms with van der Waals surface area (Å²) in [6, 6.07) is 6.27. The van der Waals surface area contributed by atoms with E-state index < -0.39 is 0 Å². The van der Waals surface area contributed by atoms with E-state index in [9.17, 15) is 0 Å². The van der Waals surface area contributed by atoms with Gasteiger partial charge in [0.25, 0.3) is 0 Å². The van der Waals surface area contributed by atoms with Crippen LogP contribution in [0.15, 0.2) is 35.1 Å². The van der Waals surface area contributed by atoms with Crippen LogP contribution in [0.1, 0.15) is 11.4 Å². The SMILES string of the molecule is Cc1cc(-n2ccnc2C)ccc1Br. The van der Waals surface area contributed by atoms with Crippen LogP contribution in [-0.4, -0.2) is 9.55 Å². The van der Waals surface area contributed by atoms with E-state index in [1.165, 1.54) is 5.56 Å². The zero-order valence-electron chi connectivity index (χ0n) is 8.16. The van der Waals surface area contributed by atoms with Gasteiger partial charge in [0, 0.05) is 22.6 Å². The highest BCUT2D eigenvalue weighted by atomic mass is 79.9. The average molecular weight is 251 g/mol. The lowest BCUT2D eigenvalue weighted by Gasteiger charge is -2.06. The minimum absolute atomic E-state index is 1.01. The summed E-state index contributed by atoms with van der Waals surface area (Å²) >= 11 is 3.49. The van der Waals surface area contributed by atoms with Crippen LogP contribution in [0, 0.1) is 13.8 Å². The summed E-state index contributed by atoms with van der Waals surface area (Å²) in [6.45, 7) is 4.08. The molecular formula is C11H11BrN2. The topological polar surface area (TPSA) is 17.8 Å². The van der Waals surface area contributed by atoms with Gasteiger partial charge in [-0.1, -0.05) is 15.9 Å². The van der Waals surface area contributed by atoms with Gasteiger partial charge in [0.1, 0.15) is 5.82 Å². The van der Waals surface area contributed by atoms with Crippen molar-refractivity contribution in [1.29, 1.82) is 0 Å². The number of rotatable bonds is 1. The smallest absolute Gasteiger partial charge is 0.110 e. The molecule has 2 rings (SSSR count). The number of benzene rings is 1. The zero-order valence-corrected chi connectivity index (χ0v) is 9.75. The monoisotopic (exact) mass is 250 g/mol. The molecule has 0 aliphatic rings. The third-order valence-electron chi connectivity index (χ3n) is 2.25. The summed E-state index contributed by atoms with van der Waals surface area (Å²) < 4.78 is 3.21. The predicted molar refractivity (Wildman–Crippen MR) is 60.7 cm³/mol. The molecule has 72 valence electrons. The molecule has 1 heterocycles. The van der Waals surface area contributed by atoms with Crippen LogP contribution in [-0.2, 0) is 0 Å². The van der Waals surface area contributed by atoms with Gasteiger partial charge in [-0.2, -0.15) is 0 Å². The van der Waals surface area contributed by atoms with Crippen molar-refractivity contribution < 1.29 is 0 Å². The number of halogens is 1. The van der Waals surface area contributed by atoms with Crippen LogP contribution in [0.2, 0.25) is 0 Å². The van der Waals surface area contributed by atoms with Gasteiger partial charge in [0.15, 0.2) is 0 Å². The Hall–Kier alpha value is -1.09. The molecule has 0 aliphatic heterocycles. The first-order valence-corrected chi connectivity index (χ1v) is 5.24. The predicted octanol–water partition coefficient (Wildman–Crippen LogP) is 3.25. The van der Waals surface area contributed by atoms with E-state index in [1.54, 1.807) is 0 Å². The molecule has 0 amide bonds. The van der Waals surface area contributed by atoms with E-state index in [0.29, 0.717) is 0 Å². The maximum Gasteiger partial charge on any atom is 0.110 e. The second-order valence-corrected chi connectivity index (χ2v) is 4.13. The molecule has 0 bridgehead atoms. The lowest BCUT2D eigenvalue weighted by molar-refractivity contribution is 0.972. The molecule has 2 nitrogen and oxygen atoms in total. The quantitative estimate of drug-likeness (QED) is 0.760. The van der Waals surface area contributed by atoms with Gasteiger partial charge in [-0.3, -0.25) is 0 Å². The Morgan fingerprint density at radius 2 is 2.07 bits per heavy atom. The molecule has 1 aromatic heterocycles. The number of hydrogen-bond acceptors (Lipinski definition) is 1. The van der Waals surface area contributed by atoms with Gasteiger partial charge in [-0.15, -0.1) is 0 Å². The molecule has 0 spiro atoms. The van der Waals surface area contributed by atoms with Crippen molar-refractivity contribution in [2.24, 2.45) is 0 Å². The molecule has 0 fully saturated rings. The molecule has 1 aromatic carbocycles. The summed E-state index contributed by atoms with van der Waals surface area (Å²) in [5, 5.41) is 0. The number of aryl methyl sites for hydroxylation is 2. The summed E-state index contributed by atoms with van der Waals surface area (Å²) in [7, 11) is 0. The van der Waals surface area contributed by atoms with Gasteiger partial charge in [-0.05, 0) is 37.6 Å². The van der Waals surface area contributed by atoms with Crippen molar-refractivity contribution in [2.45, 2.75) is 13.8 Å². The highest BCUT2D eigenvalue weighted by Gasteiger charge is 2.01. The fourth-order valence-electron chi connectivity index (χ4n) is 1.43. The van der Waals surface area contributed by atoms with Crippen LogP contribution in [0.5, 0.6) is 0 Å². The van der Waals surface area contributed by atoms with Crippen molar-refractivity contribution >= 4 is 15.9 Å². The average Bonchev–Trinajstić information content (AvgIpc) is 2.57. The van der Waals surface area contributed by atoms with E-state index in [-0.39, 0.29) is 0 Å². The minimum Gasteiger partial charge on any atom is -0.304 e. The normalized spacial score (nSPS) is 10.5. The maximum absolute atomic E-state index is 4.20. The van der Waals surface area contributed by atoms with Crippen LogP contribution < -0.4 is 0 Å². The molecule has 0 saturated heterocycles. The highest BCUT2D eigenvalue weighted by molar-refractivity contribution is 9.10. The molecule has 0 atom stereocenters. The summed E-state index contributed by atoms with van der Waals surface area (Å²) in [5.74, 6) is 1.01. The Labute approximate surface area is 91.7 Å². The van der Waals surface area contributed by atoms with E-state index in [1.807, 2.05) is 19.3 Å². The second-order valence-electron chi connectivity index (χ2n) is 3.28. The minimum atomic E-state index is 1.01. The lowest BCUT2D eigenvalue weighted by Crippen LogP contribution is -1.95. The van der Waals surface area contributed by atoms with Crippen molar-refractivity contribution in [2.75, 3.05) is 0 Å². The fraction of sp³-hybridized carbons (Fsp3) is 0.182. The van der Waals surface area contributed by atoms with Crippen molar-refractivity contribution in [3.05, 3.63) is 46.5 Å².